The Morgan fingerprint density at radius 3 is 2.57 bits per heavy atom. The summed E-state index contributed by atoms with van der Waals surface area (Å²) in [4.78, 5) is 11.9. The van der Waals surface area contributed by atoms with Gasteiger partial charge in [-0.3, -0.25) is 5.32 Å². The first-order valence-electron chi connectivity index (χ1n) is 7.17. The summed E-state index contributed by atoms with van der Waals surface area (Å²) in [6, 6.07) is 4.20. The second-order valence-corrected chi connectivity index (χ2v) is 6.61. The van der Waals surface area contributed by atoms with Gasteiger partial charge in [0.05, 0.1) is 6.61 Å². The third-order valence-electron chi connectivity index (χ3n) is 3.80. The molecule has 0 bridgehead atoms. The van der Waals surface area contributed by atoms with Crippen LogP contribution in [-0.4, -0.2) is 23.4 Å². The fourth-order valence-electron chi connectivity index (χ4n) is 2.59. The number of nitrogens with one attached hydrogen (secondary N) is 1. The number of ether oxygens (including phenoxy) is 1. The lowest BCUT2D eigenvalue weighted by atomic mass is 9.64. The van der Waals surface area contributed by atoms with Crippen LogP contribution in [0.3, 0.4) is 0 Å². The van der Waals surface area contributed by atoms with Gasteiger partial charge in [-0.2, -0.15) is 0 Å². The van der Waals surface area contributed by atoms with Crippen molar-refractivity contribution in [2.24, 2.45) is 0 Å². The van der Waals surface area contributed by atoms with Gasteiger partial charge in [-0.05, 0) is 57.4 Å². The summed E-state index contributed by atoms with van der Waals surface area (Å²) in [5, 5.41) is 12.3. The minimum absolute atomic E-state index is 0.0561. The van der Waals surface area contributed by atoms with Crippen LogP contribution in [0.5, 0.6) is 0 Å². The number of hydrogen-bond donors (Lipinski definition) is 2. The Kier molecular flexibility index (Phi) is 4.23. The molecule has 0 radical (unpaired) electrons. The van der Waals surface area contributed by atoms with Crippen LogP contribution < -0.4 is 5.32 Å². The molecule has 2 rings (SSSR count). The lowest BCUT2D eigenvalue weighted by molar-refractivity contribution is 0.0634. The Morgan fingerprint density at radius 2 is 2.10 bits per heavy atom. The van der Waals surface area contributed by atoms with Crippen molar-refractivity contribution in [2.45, 2.75) is 51.0 Å². The molecule has 116 valence electrons. The highest BCUT2D eigenvalue weighted by Crippen LogP contribution is 2.46. The fraction of sp³-hybridized carbons (Fsp3) is 0.562. The average molecular weight is 295 g/mol. The van der Waals surface area contributed by atoms with Crippen molar-refractivity contribution < 1.29 is 19.0 Å². The van der Waals surface area contributed by atoms with Gasteiger partial charge in [0, 0.05) is 11.1 Å². The zero-order valence-electron chi connectivity index (χ0n) is 12.7. The number of rotatable bonds is 3. The SMILES string of the molecule is CC(C)(C)OC(=O)Nc1ccc(F)cc1C1(CO)CCC1. The predicted molar refractivity (Wildman–Crippen MR) is 78.9 cm³/mol. The van der Waals surface area contributed by atoms with Crippen LogP contribution in [0.2, 0.25) is 0 Å². The van der Waals surface area contributed by atoms with Gasteiger partial charge >= 0.3 is 6.09 Å². The van der Waals surface area contributed by atoms with Crippen LogP contribution in [-0.2, 0) is 10.2 Å². The van der Waals surface area contributed by atoms with Crippen molar-refractivity contribution in [3.8, 4) is 0 Å². The molecule has 0 spiro atoms. The first-order chi connectivity index (χ1) is 9.76. The number of aliphatic hydroxyl groups is 1. The molecule has 21 heavy (non-hydrogen) atoms. The summed E-state index contributed by atoms with van der Waals surface area (Å²) in [6.45, 7) is 5.28. The molecule has 1 amide bonds. The molecular formula is C16H22FNO3. The van der Waals surface area contributed by atoms with Crippen molar-refractivity contribution in [1.82, 2.24) is 0 Å². The number of anilines is 1. The number of carbonyl (C=O) groups excluding carboxylic acids is 1. The monoisotopic (exact) mass is 295 g/mol. The molecule has 0 aliphatic heterocycles. The fourth-order valence-corrected chi connectivity index (χ4v) is 2.59. The van der Waals surface area contributed by atoms with E-state index in [1.165, 1.54) is 18.2 Å². The Labute approximate surface area is 124 Å². The standard InChI is InChI=1S/C16H22FNO3/c1-15(2,3)21-14(20)18-13-6-5-11(17)9-12(13)16(10-19)7-4-8-16/h5-6,9,19H,4,7-8,10H2,1-3H3,(H,18,20). The third-order valence-corrected chi connectivity index (χ3v) is 3.80. The largest absolute Gasteiger partial charge is 0.444 e. The lowest BCUT2D eigenvalue weighted by Gasteiger charge is -2.41. The van der Waals surface area contributed by atoms with Crippen molar-refractivity contribution in [2.75, 3.05) is 11.9 Å². The summed E-state index contributed by atoms with van der Waals surface area (Å²) >= 11 is 0. The van der Waals surface area contributed by atoms with E-state index in [2.05, 4.69) is 5.32 Å². The Balaban J connectivity index is 2.26. The molecule has 5 heteroatoms. The third kappa shape index (κ3) is 3.53. The van der Waals surface area contributed by atoms with Crippen molar-refractivity contribution in [3.63, 3.8) is 0 Å². The summed E-state index contributed by atoms with van der Waals surface area (Å²) in [7, 11) is 0. The second-order valence-electron chi connectivity index (χ2n) is 6.61. The maximum Gasteiger partial charge on any atom is 0.412 e. The van der Waals surface area contributed by atoms with Gasteiger partial charge in [-0.25, -0.2) is 9.18 Å². The van der Waals surface area contributed by atoms with Gasteiger partial charge in [0.1, 0.15) is 11.4 Å². The molecule has 0 heterocycles. The van der Waals surface area contributed by atoms with E-state index in [1.807, 2.05) is 0 Å². The van der Waals surface area contributed by atoms with E-state index in [9.17, 15) is 14.3 Å². The molecule has 2 N–H and O–H groups in total. The van der Waals surface area contributed by atoms with Crippen LogP contribution in [0.1, 0.15) is 45.6 Å². The molecule has 1 aromatic carbocycles. The topological polar surface area (TPSA) is 58.6 Å². The minimum Gasteiger partial charge on any atom is -0.444 e. The molecule has 1 aromatic rings. The van der Waals surface area contributed by atoms with Gasteiger partial charge in [0.15, 0.2) is 0 Å². The lowest BCUT2D eigenvalue weighted by Crippen LogP contribution is -2.39. The smallest absolute Gasteiger partial charge is 0.412 e. The van der Waals surface area contributed by atoms with Gasteiger partial charge in [-0.15, -0.1) is 0 Å². The quantitative estimate of drug-likeness (QED) is 0.896. The van der Waals surface area contributed by atoms with Gasteiger partial charge in [-0.1, -0.05) is 6.42 Å². The van der Waals surface area contributed by atoms with Crippen LogP contribution in [0.25, 0.3) is 0 Å². The van der Waals surface area contributed by atoms with Crippen molar-refractivity contribution in [3.05, 3.63) is 29.6 Å². The van der Waals surface area contributed by atoms with E-state index in [0.29, 0.717) is 11.3 Å². The maximum atomic E-state index is 13.6. The Hall–Kier alpha value is -1.62. The zero-order chi connectivity index (χ0) is 15.7. The van der Waals surface area contributed by atoms with Gasteiger partial charge in [0.2, 0.25) is 0 Å². The summed E-state index contributed by atoms with van der Waals surface area (Å²) in [5.74, 6) is -0.375. The van der Waals surface area contributed by atoms with E-state index in [0.717, 1.165) is 19.3 Å². The first kappa shape index (κ1) is 15.8. The molecular weight excluding hydrogens is 273 g/mol. The van der Waals surface area contributed by atoms with Crippen LogP contribution in [0.15, 0.2) is 18.2 Å². The normalized spacial score (nSPS) is 17.0. The molecule has 4 nitrogen and oxygen atoms in total. The second kappa shape index (κ2) is 5.64. The van der Waals surface area contributed by atoms with Crippen LogP contribution in [0, 0.1) is 5.82 Å². The maximum absolute atomic E-state index is 13.6. The number of carbonyl (C=O) groups is 1. The average Bonchev–Trinajstić information content (AvgIpc) is 2.29. The van der Waals surface area contributed by atoms with Crippen LogP contribution >= 0.6 is 0 Å². The number of benzene rings is 1. The minimum atomic E-state index is -0.602. The van der Waals surface area contributed by atoms with Gasteiger partial charge in [0.25, 0.3) is 0 Å². The number of amides is 1. The van der Waals surface area contributed by atoms with Crippen molar-refractivity contribution >= 4 is 11.8 Å². The van der Waals surface area contributed by atoms with Gasteiger partial charge < -0.3 is 9.84 Å². The molecule has 0 atom stereocenters. The molecule has 1 aliphatic carbocycles. The zero-order valence-corrected chi connectivity index (χ0v) is 12.7. The highest BCUT2D eigenvalue weighted by atomic mass is 19.1. The van der Waals surface area contributed by atoms with E-state index >= 15 is 0 Å². The molecule has 1 saturated carbocycles. The van der Waals surface area contributed by atoms with E-state index in [4.69, 9.17) is 4.74 Å². The molecule has 0 aromatic heterocycles. The van der Waals surface area contributed by atoms with Crippen molar-refractivity contribution in [1.29, 1.82) is 0 Å². The summed E-state index contributed by atoms with van der Waals surface area (Å²) in [5.41, 5.74) is 0.0866. The molecule has 1 fully saturated rings. The van der Waals surface area contributed by atoms with E-state index < -0.39 is 17.1 Å². The molecule has 0 saturated heterocycles. The number of aliphatic hydroxyl groups excluding tert-OH is 1. The first-order valence-corrected chi connectivity index (χ1v) is 7.17. The Bertz CT molecular complexity index is 527. The summed E-state index contributed by atoms with van der Waals surface area (Å²) < 4.78 is 18.8. The van der Waals surface area contributed by atoms with Crippen LogP contribution in [0.4, 0.5) is 14.9 Å². The number of halogens is 1. The molecule has 1 aliphatic rings. The van der Waals surface area contributed by atoms with E-state index in [1.54, 1.807) is 20.8 Å². The molecule has 0 unspecified atom stereocenters. The Morgan fingerprint density at radius 1 is 1.43 bits per heavy atom. The highest BCUT2D eigenvalue weighted by Gasteiger charge is 2.40. The number of hydrogen-bond acceptors (Lipinski definition) is 3. The highest BCUT2D eigenvalue weighted by molar-refractivity contribution is 5.86. The summed E-state index contributed by atoms with van der Waals surface area (Å²) in [6.07, 6.45) is 1.98. The predicted octanol–water partition coefficient (Wildman–Crippen LogP) is 3.59. The van der Waals surface area contributed by atoms with E-state index in [-0.39, 0.29) is 12.4 Å².